The molecule has 0 spiro atoms. The topological polar surface area (TPSA) is 109 Å². The van der Waals surface area contributed by atoms with Crippen LogP contribution in [0.1, 0.15) is 16.9 Å². The summed E-state index contributed by atoms with van der Waals surface area (Å²) in [6.07, 6.45) is 0.840. The Labute approximate surface area is 109 Å². The third-order valence-corrected chi connectivity index (χ3v) is 3.02. The molecule has 0 radical (unpaired) electrons. The van der Waals surface area contributed by atoms with Crippen molar-refractivity contribution in [1.29, 1.82) is 0 Å². The number of carbonyl (C=O) groups is 1. The van der Waals surface area contributed by atoms with Gasteiger partial charge in [-0.2, -0.15) is 0 Å². The van der Waals surface area contributed by atoms with Crippen molar-refractivity contribution >= 4 is 17.5 Å². The SMILES string of the molecule is CN1CCC(Nc2nc(C(=O)O)ccc2[N+](=O)[O-])C1. The van der Waals surface area contributed by atoms with Crippen molar-refractivity contribution in [1.82, 2.24) is 9.88 Å². The van der Waals surface area contributed by atoms with Crippen molar-refractivity contribution in [3.05, 3.63) is 27.9 Å². The Balaban J connectivity index is 2.27. The van der Waals surface area contributed by atoms with E-state index in [4.69, 9.17) is 5.11 Å². The lowest BCUT2D eigenvalue weighted by Gasteiger charge is -2.13. The van der Waals surface area contributed by atoms with Crippen LogP contribution in [0, 0.1) is 10.1 Å². The van der Waals surface area contributed by atoms with Crippen molar-refractivity contribution in [3.63, 3.8) is 0 Å². The molecule has 1 atom stereocenters. The lowest BCUT2D eigenvalue weighted by atomic mass is 10.2. The number of carboxylic acids is 1. The summed E-state index contributed by atoms with van der Waals surface area (Å²) in [5, 5.41) is 22.7. The molecule has 2 rings (SSSR count). The number of aromatic carboxylic acids is 1. The number of nitrogens with zero attached hydrogens (tertiary/aromatic N) is 3. The quantitative estimate of drug-likeness (QED) is 0.613. The summed E-state index contributed by atoms with van der Waals surface area (Å²) in [5.74, 6) is -1.19. The fraction of sp³-hybridized carbons (Fsp3) is 0.455. The van der Waals surface area contributed by atoms with E-state index in [1.54, 1.807) is 0 Å². The van der Waals surface area contributed by atoms with Crippen LogP contribution in [0.3, 0.4) is 0 Å². The highest BCUT2D eigenvalue weighted by atomic mass is 16.6. The molecule has 1 aromatic heterocycles. The summed E-state index contributed by atoms with van der Waals surface area (Å²) >= 11 is 0. The van der Waals surface area contributed by atoms with E-state index < -0.39 is 10.9 Å². The van der Waals surface area contributed by atoms with Gasteiger partial charge in [-0.05, 0) is 26.1 Å². The zero-order valence-electron chi connectivity index (χ0n) is 10.4. The van der Waals surface area contributed by atoms with E-state index >= 15 is 0 Å². The highest BCUT2D eigenvalue weighted by molar-refractivity contribution is 5.86. The minimum absolute atomic E-state index is 0.0187. The summed E-state index contributed by atoms with van der Waals surface area (Å²) < 4.78 is 0. The number of carboxylic acid groups (broad SMARTS) is 1. The monoisotopic (exact) mass is 266 g/mol. The van der Waals surface area contributed by atoms with Gasteiger partial charge in [0.25, 0.3) is 0 Å². The van der Waals surface area contributed by atoms with Gasteiger partial charge in [0.15, 0.2) is 5.69 Å². The zero-order valence-corrected chi connectivity index (χ0v) is 10.4. The van der Waals surface area contributed by atoms with Crippen LogP contribution in [0.5, 0.6) is 0 Å². The Morgan fingerprint density at radius 2 is 2.37 bits per heavy atom. The minimum atomic E-state index is -1.21. The third kappa shape index (κ3) is 2.97. The molecule has 0 saturated carbocycles. The van der Waals surface area contributed by atoms with Gasteiger partial charge in [0.2, 0.25) is 5.82 Å². The fourth-order valence-electron chi connectivity index (χ4n) is 2.07. The predicted octanol–water partition coefficient (Wildman–Crippen LogP) is 0.804. The predicted molar refractivity (Wildman–Crippen MR) is 67.4 cm³/mol. The van der Waals surface area contributed by atoms with Gasteiger partial charge >= 0.3 is 11.7 Å². The molecule has 2 N–H and O–H groups in total. The van der Waals surface area contributed by atoms with Crippen molar-refractivity contribution < 1.29 is 14.8 Å². The van der Waals surface area contributed by atoms with E-state index in [0.717, 1.165) is 31.6 Å². The van der Waals surface area contributed by atoms with Gasteiger partial charge in [-0.25, -0.2) is 9.78 Å². The maximum absolute atomic E-state index is 10.9. The molecule has 8 nitrogen and oxygen atoms in total. The highest BCUT2D eigenvalue weighted by Gasteiger charge is 2.24. The molecule has 0 amide bonds. The van der Waals surface area contributed by atoms with Gasteiger partial charge in [-0.1, -0.05) is 0 Å². The van der Waals surface area contributed by atoms with Crippen molar-refractivity contribution in [2.24, 2.45) is 0 Å². The van der Waals surface area contributed by atoms with E-state index in [1.807, 2.05) is 7.05 Å². The number of nitrogens with one attached hydrogen (secondary N) is 1. The van der Waals surface area contributed by atoms with Crippen LogP contribution < -0.4 is 5.32 Å². The Morgan fingerprint density at radius 3 is 2.89 bits per heavy atom. The smallest absolute Gasteiger partial charge is 0.354 e. The first kappa shape index (κ1) is 13.2. The number of likely N-dealkylation sites (tertiary alicyclic amines) is 1. The molecule has 1 aliphatic heterocycles. The number of likely N-dealkylation sites (N-methyl/N-ethyl adjacent to an activating group) is 1. The molecule has 1 aliphatic rings. The summed E-state index contributed by atoms with van der Waals surface area (Å²) in [6, 6.07) is 2.34. The fourth-order valence-corrected chi connectivity index (χ4v) is 2.07. The Bertz CT molecular complexity index is 519. The van der Waals surface area contributed by atoms with E-state index in [1.165, 1.54) is 0 Å². The number of anilines is 1. The lowest BCUT2D eigenvalue weighted by Crippen LogP contribution is -2.24. The number of rotatable bonds is 4. The van der Waals surface area contributed by atoms with Crippen LogP contribution in [0.2, 0.25) is 0 Å². The second-order valence-electron chi connectivity index (χ2n) is 4.52. The maximum Gasteiger partial charge on any atom is 0.354 e. The van der Waals surface area contributed by atoms with Crippen LogP contribution >= 0.6 is 0 Å². The summed E-state index contributed by atoms with van der Waals surface area (Å²) in [5.41, 5.74) is -0.418. The molecule has 1 aromatic rings. The second-order valence-corrected chi connectivity index (χ2v) is 4.52. The number of nitro groups is 1. The Hall–Kier alpha value is -2.22. The molecule has 2 heterocycles. The van der Waals surface area contributed by atoms with Gasteiger partial charge in [-0.3, -0.25) is 10.1 Å². The Morgan fingerprint density at radius 1 is 1.63 bits per heavy atom. The third-order valence-electron chi connectivity index (χ3n) is 3.02. The number of hydrogen-bond acceptors (Lipinski definition) is 6. The molecule has 1 unspecified atom stereocenters. The van der Waals surface area contributed by atoms with Gasteiger partial charge in [0, 0.05) is 18.7 Å². The number of hydrogen-bond donors (Lipinski definition) is 2. The maximum atomic E-state index is 10.9. The molecule has 1 saturated heterocycles. The number of pyridine rings is 1. The first-order chi connectivity index (χ1) is 8.97. The molecule has 19 heavy (non-hydrogen) atoms. The molecule has 1 fully saturated rings. The van der Waals surface area contributed by atoms with Crippen LogP contribution in [0.15, 0.2) is 12.1 Å². The zero-order chi connectivity index (χ0) is 14.0. The highest BCUT2D eigenvalue weighted by Crippen LogP contribution is 2.24. The van der Waals surface area contributed by atoms with Crippen LogP contribution in [0.4, 0.5) is 11.5 Å². The molecular weight excluding hydrogens is 252 g/mol. The largest absolute Gasteiger partial charge is 0.477 e. The van der Waals surface area contributed by atoms with Crippen molar-refractivity contribution in [3.8, 4) is 0 Å². The minimum Gasteiger partial charge on any atom is -0.477 e. The van der Waals surface area contributed by atoms with Gasteiger partial charge in [-0.15, -0.1) is 0 Å². The summed E-state index contributed by atoms with van der Waals surface area (Å²) in [7, 11) is 1.96. The van der Waals surface area contributed by atoms with Gasteiger partial charge in [0.05, 0.1) is 4.92 Å². The summed E-state index contributed by atoms with van der Waals surface area (Å²) in [4.78, 5) is 27.1. The average Bonchev–Trinajstić information content (AvgIpc) is 2.74. The lowest BCUT2D eigenvalue weighted by molar-refractivity contribution is -0.384. The van der Waals surface area contributed by atoms with Crippen LogP contribution in [-0.4, -0.2) is 52.1 Å². The molecule has 102 valence electrons. The molecular formula is C11H14N4O4. The van der Waals surface area contributed by atoms with E-state index in [-0.39, 0.29) is 23.2 Å². The van der Waals surface area contributed by atoms with Crippen LogP contribution in [0.25, 0.3) is 0 Å². The Kier molecular flexibility index (Phi) is 3.61. The average molecular weight is 266 g/mol. The molecule has 0 aromatic carbocycles. The first-order valence-corrected chi connectivity index (χ1v) is 5.81. The standard InChI is InChI=1S/C11H14N4O4/c1-14-5-4-7(6-14)12-10-9(15(18)19)3-2-8(13-10)11(16)17/h2-3,7H,4-6H2,1H3,(H,12,13)(H,16,17). The van der Waals surface area contributed by atoms with E-state index in [2.05, 4.69) is 15.2 Å². The summed E-state index contributed by atoms with van der Waals surface area (Å²) in [6.45, 7) is 1.64. The second kappa shape index (κ2) is 5.19. The van der Waals surface area contributed by atoms with Crippen molar-refractivity contribution in [2.45, 2.75) is 12.5 Å². The molecule has 8 heteroatoms. The van der Waals surface area contributed by atoms with E-state index in [9.17, 15) is 14.9 Å². The molecule has 0 bridgehead atoms. The number of aromatic nitrogens is 1. The normalized spacial score (nSPS) is 19.3. The van der Waals surface area contributed by atoms with Crippen LogP contribution in [-0.2, 0) is 0 Å². The van der Waals surface area contributed by atoms with Crippen molar-refractivity contribution in [2.75, 3.05) is 25.5 Å². The molecule has 0 aliphatic carbocycles. The van der Waals surface area contributed by atoms with Gasteiger partial charge < -0.3 is 15.3 Å². The first-order valence-electron chi connectivity index (χ1n) is 5.81. The van der Waals surface area contributed by atoms with Gasteiger partial charge in [0.1, 0.15) is 0 Å². The van der Waals surface area contributed by atoms with E-state index in [0.29, 0.717) is 0 Å².